The molecule has 0 saturated carbocycles. The number of piperidine rings is 1. The van der Waals surface area contributed by atoms with Crippen LogP contribution in [0.15, 0.2) is 30.5 Å². The fourth-order valence-electron chi connectivity index (χ4n) is 5.34. The minimum atomic E-state index is -4.80. The van der Waals surface area contributed by atoms with Crippen LogP contribution in [-0.4, -0.2) is 47.4 Å². The maximum absolute atomic E-state index is 13.5. The lowest BCUT2D eigenvalue weighted by atomic mass is 9.86. The minimum absolute atomic E-state index is 0.0721. The van der Waals surface area contributed by atoms with Crippen LogP contribution in [-0.2, 0) is 23.0 Å². The van der Waals surface area contributed by atoms with E-state index in [1.54, 1.807) is 48.7 Å². The Morgan fingerprint density at radius 2 is 1.90 bits per heavy atom. The summed E-state index contributed by atoms with van der Waals surface area (Å²) in [6.07, 6.45) is -2.23. The summed E-state index contributed by atoms with van der Waals surface area (Å²) in [7, 11) is 1.73. The molecule has 1 fully saturated rings. The summed E-state index contributed by atoms with van der Waals surface area (Å²) in [6, 6.07) is 5.89. The van der Waals surface area contributed by atoms with Crippen molar-refractivity contribution in [1.29, 1.82) is 0 Å². The van der Waals surface area contributed by atoms with Gasteiger partial charge < -0.3 is 18.9 Å². The monoisotopic (exact) mass is 584 g/mol. The summed E-state index contributed by atoms with van der Waals surface area (Å²) in [5.41, 5.74) is 2.79. The highest BCUT2D eigenvalue weighted by molar-refractivity contribution is 6.38. The van der Waals surface area contributed by atoms with Crippen LogP contribution in [0, 0.1) is 18.8 Å². The number of aromatic nitrogens is 1. The lowest BCUT2D eigenvalue weighted by Crippen LogP contribution is -2.45. The number of esters is 1. The largest absolute Gasteiger partial charge is 0.573 e. The Morgan fingerprint density at radius 3 is 2.54 bits per heavy atom. The molecule has 11 heteroatoms. The molecule has 1 saturated heterocycles. The van der Waals surface area contributed by atoms with E-state index < -0.39 is 6.36 Å². The number of amides is 1. The Bertz CT molecular complexity index is 1420. The highest BCUT2D eigenvalue weighted by atomic mass is 35.5. The zero-order chi connectivity index (χ0) is 28.6. The van der Waals surface area contributed by atoms with Gasteiger partial charge in [0.25, 0.3) is 5.91 Å². The zero-order valence-corrected chi connectivity index (χ0v) is 23.5. The first-order valence-corrected chi connectivity index (χ1v) is 13.3. The quantitative estimate of drug-likeness (QED) is 0.294. The Balaban J connectivity index is 1.62. The fourth-order valence-corrected chi connectivity index (χ4v) is 5.93. The number of alkyl halides is 3. The molecule has 210 valence electrons. The number of likely N-dealkylation sites (tertiary alicyclic amines) is 1. The number of carbonyl (C=O) groups is 2. The van der Waals surface area contributed by atoms with Gasteiger partial charge in [0.1, 0.15) is 5.75 Å². The third-order valence-electron chi connectivity index (χ3n) is 7.14. The molecule has 0 bridgehead atoms. The number of benzene rings is 2. The van der Waals surface area contributed by atoms with E-state index in [9.17, 15) is 22.8 Å². The number of ether oxygens (including phenoxy) is 2. The van der Waals surface area contributed by atoms with Gasteiger partial charge >= 0.3 is 12.3 Å². The second-order valence-corrected chi connectivity index (χ2v) is 10.7. The van der Waals surface area contributed by atoms with Crippen molar-refractivity contribution in [3.63, 3.8) is 0 Å². The van der Waals surface area contributed by atoms with Crippen LogP contribution in [0.1, 0.15) is 47.3 Å². The molecule has 4 rings (SSSR count). The molecule has 1 amide bonds. The summed E-state index contributed by atoms with van der Waals surface area (Å²) in [4.78, 5) is 27.4. The number of hydrogen-bond acceptors (Lipinski definition) is 4. The van der Waals surface area contributed by atoms with Crippen LogP contribution < -0.4 is 4.74 Å². The average molecular weight is 585 g/mol. The first kappa shape index (κ1) is 29.1. The van der Waals surface area contributed by atoms with E-state index in [2.05, 4.69) is 4.74 Å². The van der Waals surface area contributed by atoms with E-state index in [0.717, 1.165) is 10.9 Å². The van der Waals surface area contributed by atoms with Gasteiger partial charge in [0.2, 0.25) is 0 Å². The first-order valence-electron chi connectivity index (χ1n) is 12.6. The molecule has 2 aromatic carbocycles. The Kier molecular flexibility index (Phi) is 8.42. The van der Waals surface area contributed by atoms with Crippen molar-refractivity contribution in [2.75, 3.05) is 19.7 Å². The van der Waals surface area contributed by atoms with Crippen molar-refractivity contribution in [3.05, 3.63) is 62.8 Å². The molecule has 2 heterocycles. The minimum Gasteiger partial charge on any atom is -0.466 e. The van der Waals surface area contributed by atoms with E-state index in [4.69, 9.17) is 27.9 Å². The molecule has 6 nitrogen and oxygen atoms in total. The van der Waals surface area contributed by atoms with Gasteiger partial charge in [-0.2, -0.15) is 0 Å². The molecule has 3 aromatic rings. The summed E-state index contributed by atoms with van der Waals surface area (Å²) in [5, 5.41) is 1.35. The van der Waals surface area contributed by atoms with Crippen LogP contribution in [0.3, 0.4) is 0 Å². The Labute approximate surface area is 234 Å². The van der Waals surface area contributed by atoms with Crippen LogP contribution in [0.2, 0.25) is 10.0 Å². The number of fused-ring (bicyclic) bond motifs is 1. The lowest BCUT2D eigenvalue weighted by molar-refractivity contribution is -0.274. The molecule has 0 aliphatic carbocycles. The topological polar surface area (TPSA) is 60.8 Å². The third kappa shape index (κ3) is 6.14. The number of hydrogen-bond donors (Lipinski definition) is 0. The standard InChI is InChI=1S/C28H29Cl2F3N2O4/c1-5-38-27(37)19-8-9-35(13-16(19)3)26(36)20-6-7-22(29)21(25(20)30)11-17-14-34(4)23-12-18(39-28(31,32)33)10-15(2)24(17)23/h6-7,10,12,14,16,19H,5,8-9,11,13H2,1-4H3. The molecule has 2 unspecified atom stereocenters. The summed E-state index contributed by atoms with van der Waals surface area (Å²) >= 11 is 13.3. The predicted octanol–water partition coefficient (Wildman–Crippen LogP) is 6.94. The molecule has 39 heavy (non-hydrogen) atoms. The number of halogens is 5. The third-order valence-corrected chi connectivity index (χ3v) is 7.92. The lowest BCUT2D eigenvalue weighted by Gasteiger charge is -2.36. The van der Waals surface area contributed by atoms with Gasteiger partial charge in [0.05, 0.1) is 28.6 Å². The zero-order valence-electron chi connectivity index (χ0n) is 22.0. The van der Waals surface area contributed by atoms with E-state index in [-0.39, 0.29) is 40.9 Å². The van der Waals surface area contributed by atoms with Gasteiger partial charge in [-0.15, -0.1) is 13.2 Å². The van der Waals surface area contributed by atoms with Crippen molar-refractivity contribution in [2.45, 2.75) is 40.0 Å². The van der Waals surface area contributed by atoms with Crippen LogP contribution >= 0.6 is 23.2 Å². The molecular weight excluding hydrogens is 556 g/mol. The summed E-state index contributed by atoms with van der Waals surface area (Å²) < 4.78 is 49.4. The van der Waals surface area contributed by atoms with Gasteiger partial charge in [-0.05, 0) is 61.1 Å². The van der Waals surface area contributed by atoms with E-state index in [0.29, 0.717) is 53.3 Å². The molecule has 1 aliphatic heterocycles. The highest BCUT2D eigenvalue weighted by Gasteiger charge is 2.35. The maximum atomic E-state index is 13.5. The van der Waals surface area contributed by atoms with E-state index in [1.165, 1.54) is 12.1 Å². The highest BCUT2D eigenvalue weighted by Crippen LogP contribution is 2.37. The van der Waals surface area contributed by atoms with Crippen LogP contribution in [0.5, 0.6) is 5.75 Å². The second-order valence-electron chi connectivity index (χ2n) is 9.89. The molecule has 0 spiro atoms. The first-order chi connectivity index (χ1) is 18.3. The van der Waals surface area contributed by atoms with Crippen molar-refractivity contribution < 1.29 is 32.2 Å². The van der Waals surface area contributed by atoms with Crippen LogP contribution in [0.25, 0.3) is 10.9 Å². The summed E-state index contributed by atoms with van der Waals surface area (Å²) in [6.45, 7) is 6.49. The van der Waals surface area contributed by atoms with Crippen molar-refractivity contribution in [2.24, 2.45) is 18.9 Å². The Hall–Kier alpha value is -2.91. The predicted molar refractivity (Wildman–Crippen MR) is 143 cm³/mol. The molecule has 1 aromatic heterocycles. The fraction of sp³-hybridized carbons (Fsp3) is 0.429. The molecular formula is C28H29Cl2F3N2O4. The molecule has 2 atom stereocenters. The number of aryl methyl sites for hydroxylation is 2. The average Bonchev–Trinajstić information content (AvgIpc) is 3.15. The van der Waals surface area contributed by atoms with Crippen LogP contribution in [0.4, 0.5) is 13.2 Å². The van der Waals surface area contributed by atoms with Gasteiger partial charge in [0, 0.05) is 49.2 Å². The van der Waals surface area contributed by atoms with Gasteiger partial charge in [0.15, 0.2) is 0 Å². The smallest absolute Gasteiger partial charge is 0.466 e. The molecule has 0 radical (unpaired) electrons. The van der Waals surface area contributed by atoms with E-state index in [1.807, 2.05) is 6.92 Å². The van der Waals surface area contributed by atoms with E-state index >= 15 is 0 Å². The Morgan fingerprint density at radius 1 is 1.18 bits per heavy atom. The molecule has 0 N–H and O–H groups in total. The normalized spacial score (nSPS) is 17.9. The van der Waals surface area contributed by atoms with Gasteiger partial charge in [-0.3, -0.25) is 9.59 Å². The number of nitrogens with zero attached hydrogens (tertiary/aromatic N) is 2. The SMILES string of the molecule is CCOC(=O)C1CCN(C(=O)c2ccc(Cl)c(Cc3cn(C)c4cc(OC(F)(F)F)cc(C)c34)c2Cl)CC1C. The van der Waals surface area contributed by atoms with Crippen molar-refractivity contribution in [1.82, 2.24) is 9.47 Å². The number of rotatable bonds is 6. The van der Waals surface area contributed by atoms with Gasteiger partial charge in [-0.25, -0.2) is 0 Å². The summed E-state index contributed by atoms with van der Waals surface area (Å²) in [5.74, 6) is -1.13. The van der Waals surface area contributed by atoms with Crippen molar-refractivity contribution >= 4 is 46.0 Å². The second kappa shape index (κ2) is 11.3. The maximum Gasteiger partial charge on any atom is 0.573 e. The van der Waals surface area contributed by atoms with Gasteiger partial charge in [-0.1, -0.05) is 30.1 Å². The molecule has 1 aliphatic rings. The number of carbonyl (C=O) groups excluding carboxylic acids is 2. The van der Waals surface area contributed by atoms with Crippen molar-refractivity contribution in [3.8, 4) is 5.75 Å².